The van der Waals surface area contributed by atoms with Crippen molar-refractivity contribution in [2.45, 2.75) is 38.6 Å². The van der Waals surface area contributed by atoms with E-state index in [-0.39, 0.29) is 17.7 Å². The molecule has 0 N–H and O–H groups in total. The minimum Gasteiger partial charge on any atom is -0.497 e. The molecule has 34 heavy (non-hydrogen) atoms. The molecule has 7 heteroatoms. The van der Waals surface area contributed by atoms with Gasteiger partial charge in [-0.2, -0.15) is 0 Å². The number of ether oxygens (including phenoxy) is 3. The lowest BCUT2D eigenvalue weighted by atomic mass is 9.82. The van der Waals surface area contributed by atoms with Crippen LogP contribution in [-0.2, 0) is 9.59 Å². The largest absolute Gasteiger partial charge is 0.497 e. The predicted octanol–water partition coefficient (Wildman–Crippen LogP) is 4.46. The monoisotopic (exact) mass is 466 g/mol. The van der Waals surface area contributed by atoms with Gasteiger partial charge in [-0.1, -0.05) is 13.0 Å². The molecule has 0 aromatic heterocycles. The Bertz CT molecular complexity index is 1010. The molecule has 0 aliphatic carbocycles. The number of likely N-dealkylation sites (tertiary alicyclic amines) is 1. The van der Waals surface area contributed by atoms with E-state index in [0.717, 1.165) is 37.2 Å². The maximum atomic E-state index is 13.8. The van der Waals surface area contributed by atoms with Crippen LogP contribution in [0.2, 0.25) is 0 Å². The van der Waals surface area contributed by atoms with Crippen molar-refractivity contribution < 1.29 is 23.8 Å². The Morgan fingerprint density at radius 2 is 1.56 bits per heavy atom. The zero-order valence-electron chi connectivity index (χ0n) is 20.5. The van der Waals surface area contributed by atoms with E-state index in [1.807, 2.05) is 47.4 Å². The lowest BCUT2D eigenvalue weighted by molar-refractivity contribution is -0.139. The summed E-state index contributed by atoms with van der Waals surface area (Å²) in [4.78, 5) is 30.9. The van der Waals surface area contributed by atoms with Crippen molar-refractivity contribution in [3.63, 3.8) is 0 Å². The molecule has 2 aromatic rings. The van der Waals surface area contributed by atoms with Gasteiger partial charge in [0.25, 0.3) is 0 Å². The molecule has 2 amide bonds. The summed E-state index contributed by atoms with van der Waals surface area (Å²) in [5.74, 6) is 2.31. The van der Waals surface area contributed by atoms with Crippen LogP contribution >= 0.6 is 0 Å². The fraction of sp³-hybridized carbons (Fsp3) is 0.481. The molecule has 4 rings (SSSR count). The number of nitrogens with zero attached hydrogens (tertiary/aromatic N) is 2. The highest BCUT2D eigenvalue weighted by Gasteiger charge is 2.43. The van der Waals surface area contributed by atoms with Gasteiger partial charge in [0.15, 0.2) is 11.5 Å². The Morgan fingerprint density at radius 3 is 2.18 bits per heavy atom. The maximum Gasteiger partial charge on any atom is 0.228 e. The van der Waals surface area contributed by atoms with Crippen molar-refractivity contribution in [2.75, 3.05) is 39.3 Å². The van der Waals surface area contributed by atoms with Crippen LogP contribution < -0.4 is 19.1 Å². The molecule has 0 radical (unpaired) electrons. The minimum absolute atomic E-state index is 0.00117. The van der Waals surface area contributed by atoms with Gasteiger partial charge < -0.3 is 24.0 Å². The van der Waals surface area contributed by atoms with Gasteiger partial charge in [0.1, 0.15) is 5.75 Å². The van der Waals surface area contributed by atoms with Crippen molar-refractivity contribution in [3.8, 4) is 17.2 Å². The van der Waals surface area contributed by atoms with Crippen LogP contribution in [0.15, 0.2) is 42.5 Å². The van der Waals surface area contributed by atoms with Gasteiger partial charge in [-0.15, -0.1) is 0 Å². The zero-order chi connectivity index (χ0) is 24.2. The number of hydrogen-bond acceptors (Lipinski definition) is 5. The highest BCUT2D eigenvalue weighted by molar-refractivity contribution is 5.97. The maximum absolute atomic E-state index is 13.8. The van der Waals surface area contributed by atoms with Crippen molar-refractivity contribution in [2.24, 2.45) is 11.8 Å². The normalized spacial score (nSPS) is 21.4. The lowest BCUT2D eigenvalue weighted by Crippen LogP contribution is -2.50. The number of methoxy groups -OCH3 is 3. The molecule has 2 aliphatic heterocycles. The summed E-state index contributed by atoms with van der Waals surface area (Å²) in [5.41, 5.74) is 1.60. The SMILES string of the molecule is COc1ccc(N2C(=O)CC[C@@H](C(=O)N3CCC(C)CC3)[C@@H]2c2ccc(OC)c(OC)c2)cc1. The number of piperidine rings is 2. The summed E-state index contributed by atoms with van der Waals surface area (Å²) < 4.78 is 16.3. The Labute approximate surface area is 201 Å². The first-order valence-corrected chi connectivity index (χ1v) is 11.9. The molecule has 7 nitrogen and oxygen atoms in total. The van der Waals surface area contributed by atoms with Crippen LogP contribution in [0.25, 0.3) is 0 Å². The van der Waals surface area contributed by atoms with Crippen LogP contribution in [0.4, 0.5) is 5.69 Å². The third-order valence-corrected chi connectivity index (χ3v) is 7.11. The molecule has 0 bridgehead atoms. The lowest BCUT2D eigenvalue weighted by Gasteiger charge is -2.43. The third-order valence-electron chi connectivity index (χ3n) is 7.11. The molecule has 2 heterocycles. The van der Waals surface area contributed by atoms with E-state index in [0.29, 0.717) is 36.0 Å². The Balaban J connectivity index is 1.77. The smallest absolute Gasteiger partial charge is 0.228 e. The molecular formula is C27H34N2O5. The molecule has 0 unspecified atom stereocenters. The first kappa shape index (κ1) is 23.9. The fourth-order valence-corrected chi connectivity index (χ4v) is 5.08. The summed E-state index contributed by atoms with van der Waals surface area (Å²) in [5, 5.41) is 0. The van der Waals surface area contributed by atoms with Crippen LogP contribution in [-0.4, -0.2) is 51.1 Å². The fourth-order valence-electron chi connectivity index (χ4n) is 5.08. The van der Waals surface area contributed by atoms with Crippen LogP contribution in [0, 0.1) is 11.8 Å². The van der Waals surface area contributed by atoms with Crippen molar-refractivity contribution in [3.05, 3.63) is 48.0 Å². The third kappa shape index (κ3) is 4.69. The van der Waals surface area contributed by atoms with Gasteiger partial charge in [-0.25, -0.2) is 0 Å². The van der Waals surface area contributed by atoms with Crippen LogP contribution in [0.1, 0.15) is 44.2 Å². The van der Waals surface area contributed by atoms with Crippen molar-refractivity contribution in [1.29, 1.82) is 0 Å². The van der Waals surface area contributed by atoms with Crippen molar-refractivity contribution >= 4 is 17.5 Å². The molecule has 2 saturated heterocycles. The Hall–Kier alpha value is -3.22. The van der Waals surface area contributed by atoms with Gasteiger partial charge in [-0.05, 0) is 67.1 Å². The highest BCUT2D eigenvalue weighted by atomic mass is 16.5. The molecule has 182 valence electrons. The van der Waals surface area contributed by atoms with Crippen molar-refractivity contribution in [1.82, 2.24) is 4.90 Å². The average molecular weight is 467 g/mol. The molecule has 2 atom stereocenters. The topological polar surface area (TPSA) is 68.3 Å². The van der Waals surface area contributed by atoms with E-state index in [4.69, 9.17) is 14.2 Å². The number of carbonyl (C=O) groups excluding carboxylic acids is 2. The highest BCUT2D eigenvalue weighted by Crippen LogP contribution is 2.43. The van der Waals surface area contributed by atoms with Gasteiger partial charge in [0, 0.05) is 25.2 Å². The summed E-state index contributed by atoms with van der Waals surface area (Å²) in [6.45, 7) is 3.77. The zero-order valence-corrected chi connectivity index (χ0v) is 20.5. The van der Waals surface area contributed by atoms with Gasteiger partial charge in [-0.3, -0.25) is 9.59 Å². The second kappa shape index (κ2) is 10.4. The quantitative estimate of drug-likeness (QED) is 0.629. The van der Waals surface area contributed by atoms with Crippen LogP contribution in [0.5, 0.6) is 17.2 Å². The number of rotatable bonds is 6. The molecule has 2 aromatic carbocycles. The standard InChI is InChI=1S/C27H34N2O5/c1-18-13-15-28(16-14-18)27(31)22-10-12-25(30)29(20-6-8-21(32-2)9-7-20)26(22)19-5-11-23(33-3)24(17-19)34-4/h5-9,11,17-18,22,26H,10,12-16H2,1-4H3/t22-,26+/m1/s1. The summed E-state index contributed by atoms with van der Waals surface area (Å²) >= 11 is 0. The van der Waals surface area contributed by atoms with E-state index >= 15 is 0 Å². The number of hydrogen-bond donors (Lipinski definition) is 0. The molecule has 2 aliphatic rings. The number of benzene rings is 2. The first-order valence-electron chi connectivity index (χ1n) is 11.9. The van der Waals surface area contributed by atoms with Gasteiger partial charge in [0.05, 0.1) is 33.3 Å². The van der Waals surface area contributed by atoms with E-state index in [1.54, 1.807) is 26.2 Å². The Kier molecular flexibility index (Phi) is 7.29. The minimum atomic E-state index is -0.443. The molecule has 0 spiro atoms. The molecular weight excluding hydrogens is 432 g/mol. The number of carbonyl (C=O) groups is 2. The van der Waals surface area contributed by atoms with E-state index in [2.05, 4.69) is 6.92 Å². The van der Waals surface area contributed by atoms with Gasteiger partial charge >= 0.3 is 0 Å². The second-order valence-corrected chi connectivity index (χ2v) is 9.17. The molecule has 2 fully saturated rings. The number of amides is 2. The van der Waals surface area contributed by atoms with E-state index < -0.39 is 6.04 Å². The average Bonchev–Trinajstić information content (AvgIpc) is 2.88. The summed E-state index contributed by atoms with van der Waals surface area (Å²) in [6, 6.07) is 12.6. The van der Waals surface area contributed by atoms with E-state index in [1.165, 1.54) is 0 Å². The Morgan fingerprint density at radius 1 is 0.882 bits per heavy atom. The summed E-state index contributed by atoms with van der Waals surface area (Å²) in [6.07, 6.45) is 2.88. The van der Waals surface area contributed by atoms with Crippen LogP contribution in [0.3, 0.4) is 0 Å². The first-order chi connectivity index (χ1) is 16.5. The second-order valence-electron chi connectivity index (χ2n) is 9.17. The predicted molar refractivity (Wildman–Crippen MR) is 130 cm³/mol. The van der Waals surface area contributed by atoms with Gasteiger partial charge in [0.2, 0.25) is 11.8 Å². The number of anilines is 1. The van der Waals surface area contributed by atoms with E-state index in [9.17, 15) is 9.59 Å². The molecule has 0 saturated carbocycles. The summed E-state index contributed by atoms with van der Waals surface area (Å²) in [7, 11) is 4.79.